The number of hydrogen-bond donors (Lipinski definition) is 0. The summed E-state index contributed by atoms with van der Waals surface area (Å²) in [7, 11) is 5.11. The molecule has 0 radical (unpaired) electrons. The second-order valence-electron chi connectivity index (χ2n) is 27.0. The lowest BCUT2D eigenvalue weighted by atomic mass is 9.49. The Hall–Kier alpha value is -7.36. The van der Waals surface area contributed by atoms with E-state index in [-0.39, 0.29) is 21.7 Å². The van der Waals surface area contributed by atoms with Gasteiger partial charge in [0.15, 0.2) is 0 Å². The summed E-state index contributed by atoms with van der Waals surface area (Å²) in [5.74, 6) is 0. The summed E-state index contributed by atoms with van der Waals surface area (Å²) >= 11 is 0. The van der Waals surface area contributed by atoms with Crippen LogP contribution < -0.4 is 0 Å². The van der Waals surface area contributed by atoms with E-state index in [2.05, 4.69) is 23.9 Å². The summed E-state index contributed by atoms with van der Waals surface area (Å²) in [5.41, 5.74) is 17.9. The molecule has 0 amide bonds. The third-order valence-corrected chi connectivity index (χ3v) is 26.9. The fourth-order valence-electron chi connectivity index (χ4n) is 27.5. The first-order valence-electron chi connectivity index (χ1n) is 26.1. The van der Waals surface area contributed by atoms with Crippen molar-refractivity contribution in [2.75, 3.05) is 40.3 Å². The molecule has 2 aliphatic heterocycles. The quantitative estimate of drug-likeness (QED) is 0.140. The zero-order valence-electron chi connectivity index (χ0n) is 35.7. The van der Waals surface area contributed by atoms with Crippen molar-refractivity contribution in [2.24, 2.45) is 0 Å². The summed E-state index contributed by atoms with van der Waals surface area (Å²) in [5, 5.41) is 79.0. The molecule has 0 bridgehead atoms. The van der Waals surface area contributed by atoms with E-state index in [9.17, 15) is 0 Å². The van der Waals surface area contributed by atoms with Gasteiger partial charge >= 0.3 is 0 Å². The van der Waals surface area contributed by atoms with Crippen molar-refractivity contribution in [1.82, 2.24) is 9.80 Å². The Balaban J connectivity index is 1.22. The molecule has 34 rings (SSSR count). The first kappa shape index (κ1) is 25.1. The zero-order chi connectivity index (χ0) is 40.3. The predicted molar refractivity (Wildman–Crippen MR) is 281 cm³/mol. The van der Waals surface area contributed by atoms with Crippen LogP contribution in [0.15, 0.2) is 0 Å². The highest BCUT2D eigenvalue weighted by Crippen LogP contribution is 2.89. The minimum atomic E-state index is -0.115. The summed E-state index contributed by atoms with van der Waals surface area (Å²) in [6, 6.07) is 0. The van der Waals surface area contributed by atoms with E-state index in [1.807, 2.05) is 44.5 Å². The highest BCUT2D eigenvalue weighted by Gasteiger charge is 2.79. The lowest BCUT2D eigenvalue weighted by Crippen LogP contribution is -2.51. The minimum Gasteiger partial charge on any atom is -0.304 e. The van der Waals surface area contributed by atoms with Crippen LogP contribution >= 0.6 is 0 Å². The van der Waals surface area contributed by atoms with Crippen molar-refractivity contribution >= 4 is 248 Å². The molecule has 68 heavy (non-hydrogen) atoms. The van der Waals surface area contributed by atoms with Crippen LogP contribution in [0.4, 0.5) is 0 Å². The van der Waals surface area contributed by atoms with E-state index in [1.54, 1.807) is 259 Å². The molecular formula is C66H14N2. The summed E-state index contributed by atoms with van der Waals surface area (Å²) in [6.07, 6.45) is 0. The van der Waals surface area contributed by atoms with E-state index in [4.69, 9.17) is 0 Å². The topological polar surface area (TPSA) is 6.48 Å². The zero-order valence-corrected chi connectivity index (χ0v) is 35.7. The molecule has 0 saturated carbocycles. The maximum Gasteiger partial charge on any atom is 0.0505 e. The molecule has 2 fully saturated rings. The van der Waals surface area contributed by atoms with Gasteiger partial charge in [-0.15, -0.1) is 0 Å². The maximum absolute atomic E-state index is 2.90. The number of rotatable bonds is 0. The Bertz CT molecular complexity index is 6690. The van der Waals surface area contributed by atoms with Crippen LogP contribution in [0.1, 0.15) is 44.5 Å². The van der Waals surface area contributed by atoms with Crippen LogP contribution in [0, 0.1) is 0 Å². The van der Waals surface area contributed by atoms with Crippen molar-refractivity contribution in [1.29, 1.82) is 0 Å². The Morgan fingerprint density at radius 3 is 0.485 bits per heavy atom. The molecule has 2 heteroatoms. The largest absolute Gasteiger partial charge is 0.304 e. The van der Waals surface area contributed by atoms with E-state index < -0.39 is 0 Å². The number of hydrogen-bond acceptors (Lipinski definition) is 2. The highest BCUT2D eigenvalue weighted by atomic mass is 15.2. The lowest BCUT2D eigenvalue weighted by molar-refractivity contribution is 0.392. The van der Waals surface area contributed by atoms with Gasteiger partial charge in [0.2, 0.25) is 0 Å². The van der Waals surface area contributed by atoms with Crippen molar-refractivity contribution in [2.45, 2.75) is 21.7 Å². The second-order valence-corrected chi connectivity index (χ2v) is 27.0. The standard InChI is InChI=1S/C66H14N2/c1-67-3-63-55-41-31-20-11-7-8-10-15-9(7)16-13-18(11)26(31)37-29-22(13)33-24(16)35-28(15)36-25-17(10)14-19-12(8)21(20)32-27(19)38-30-23(14)34(25)46-50-40(30)52(48(38)56(63)42(32)41)62-54-53-59-49(39(29)51(47(37)55)61(53)66(62,63)6-67)45(33)57-43(35)44(36)58(46)65(60(50)54)5-68(2)4-64(57,59)65/h3-6H2,1-2H3. The van der Waals surface area contributed by atoms with Gasteiger partial charge in [-0.25, -0.2) is 0 Å². The van der Waals surface area contributed by atoms with Gasteiger partial charge in [-0.05, 0) is 317 Å². The predicted octanol–water partition coefficient (Wildman–Crippen LogP) is 14.7. The number of likely N-dealkylation sites (N-methyl/N-ethyl adjacent to an activating group) is 2. The molecule has 10 aliphatic rings. The van der Waals surface area contributed by atoms with E-state index in [0.717, 1.165) is 26.2 Å². The Labute approximate surface area is 373 Å². The Morgan fingerprint density at radius 1 is 0.176 bits per heavy atom. The van der Waals surface area contributed by atoms with Crippen LogP contribution in [0.3, 0.4) is 0 Å². The van der Waals surface area contributed by atoms with Gasteiger partial charge in [-0.3, -0.25) is 0 Å². The third-order valence-electron chi connectivity index (χ3n) is 26.9. The van der Waals surface area contributed by atoms with Gasteiger partial charge in [-0.2, -0.15) is 0 Å². The normalized spacial score (nSPS) is 29.2. The monoisotopic (exact) mass is 834 g/mol. The fourth-order valence-corrected chi connectivity index (χ4v) is 27.5. The van der Waals surface area contributed by atoms with Crippen molar-refractivity contribution in [3.63, 3.8) is 0 Å². The highest BCUT2D eigenvalue weighted by molar-refractivity contribution is 6.79. The smallest absolute Gasteiger partial charge is 0.0505 e. The van der Waals surface area contributed by atoms with Crippen molar-refractivity contribution in [3.05, 3.63) is 44.5 Å². The van der Waals surface area contributed by atoms with Crippen LogP contribution in [-0.4, -0.2) is 50.1 Å². The molecule has 2 nitrogen and oxygen atoms in total. The van der Waals surface area contributed by atoms with Crippen LogP contribution in [0.2, 0.25) is 0 Å². The van der Waals surface area contributed by atoms with E-state index in [0.29, 0.717) is 0 Å². The molecule has 24 aromatic carbocycles. The average molecular weight is 835 g/mol. The van der Waals surface area contributed by atoms with Crippen LogP contribution in [0.5, 0.6) is 0 Å². The van der Waals surface area contributed by atoms with Gasteiger partial charge in [0.25, 0.3) is 0 Å². The SMILES string of the molecule is CN1CC23c4c5c6c7c8c9c%10c%11c%12c%13c%14c(c-5c5c%15c%16c(c%17c%18c2c2c4c7c4c8c7c%10c8c%10c%11c%11c%13c(c%14%15)c%13c%16c%14c%17c%15c%18c%16c2c4c2c7c8c4c(c%162)c%15c2c%14c%13c%11c%10c24)C53C1)C61CN(C)CC9%121. The molecule has 0 N–H and O–H groups in total. The molecule has 8 aliphatic carbocycles. The average Bonchev–Trinajstić information content (AvgIpc) is 4.19. The molecule has 2 unspecified atom stereocenters. The fraction of sp³-hybridized carbons (Fsp3) is 0.152. The molecular weight excluding hydrogens is 821 g/mol. The van der Waals surface area contributed by atoms with Gasteiger partial charge < -0.3 is 9.80 Å². The summed E-state index contributed by atoms with van der Waals surface area (Å²) in [4.78, 5) is 5.79. The maximum atomic E-state index is 2.90. The van der Waals surface area contributed by atoms with Gasteiger partial charge in [0.05, 0.1) is 21.7 Å². The minimum absolute atomic E-state index is 0.112. The molecule has 0 aromatic heterocycles. The third kappa shape index (κ3) is 1.23. The van der Waals surface area contributed by atoms with Gasteiger partial charge in [-0.1, -0.05) is 0 Å². The molecule has 2 saturated heterocycles. The van der Waals surface area contributed by atoms with E-state index in [1.165, 1.54) is 0 Å². The molecule has 288 valence electrons. The molecule has 4 spiro atoms. The Kier molecular flexibility index (Phi) is 2.00. The van der Waals surface area contributed by atoms with Crippen LogP contribution in [-0.2, 0) is 21.7 Å². The summed E-state index contributed by atoms with van der Waals surface area (Å²) in [6.45, 7) is 4.54. The first-order valence-corrected chi connectivity index (χ1v) is 26.1. The Morgan fingerprint density at radius 2 is 0.294 bits per heavy atom. The van der Waals surface area contributed by atoms with Gasteiger partial charge in [0, 0.05) is 26.2 Å². The molecule has 2 heterocycles. The molecule has 24 aromatic rings. The van der Waals surface area contributed by atoms with Gasteiger partial charge in [0.1, 0.15) is 0 Å². The second kappa shape index (κ2) is 5.41. The number of likely N-dealkylation sites (tertiary alicyclic amines) is 2. The lowest BCUT2D eigenvalue weighted by Gasteiger charge is -2.51. The van der Waals surface area contributed by atoms with E-state index >= 15 is 0 Å². The molecule has 2 atom stereocenters. The first-order chi connectivity index (χ1) is 33.7. The number of nitrogens with zero attached hydrogens (tertiary/aromatic N) is 2. The van der Waals surface area contributed by atoms with Crippen molar-refractivity contribution in [3.8, 4) is 11.1 Å². The number of benzene rings is 16. The van der Waals surface area contributed by atoms with Crippen molar-refractivity contribution < 1.29 is 0 Å². The summed E-state index contributed by atoms with van der Waals surface area (Å²) < 4.78 is 0. The van der Waals surface area contributed by atoms with Crippen LogP contribution in [0.25, 0.3) is 259 Å².